The first kappa shape index (κ1) is 16.3. The van der Waals surface area contributed by atoms with E-state index in [1.165, 1.54) is 16.2 Å². The van der Waals surface area contributed by atoms with Crippen LogP contribution in [0.25, 0.3) is 10.7 Å². The van der Waals surface area contributed by atoms with Crippen molar-refractivity contribution in [2.45, 2.75) is 19.6 Å². The summed E-state index contributed by atoms with van der Waals surface area (Å²) in [5.41, 5.74) is 0. The van der Waals surface area contributed by atoms with Gasteiger partial charge in [0.1, 0.15) is 0 Å². The van der Waals surface area contributed by atoms with E-state index < -0.39 is 12.1 Å². The van der Waals surface area contributed by atoms with Crippen LogP contribution in [0.5, 0.6) is 0 Å². The van der Waals surface area contributed by atoms with Gasteiger partial charge in [-0.2, -0.15) is 18.2 Å². The third-order valence-corrected chi connectivity index (χ3v) is 3.68. The smallest absolute Gasteiger partial charge is 0.338 e. The molecular formula is C12H13F3N4O2S. The number of hydrogen-bond acceptors (Lipinski definition) is 5. The minimum Gasteiger partial charge on any atom is -0.338 e. The summed E-state index contributed by atoms with van der Waals surface area (Å²) in [6, 6.07) is 3.08. The molecule has 0 saturated carbocycles. The van der Waals surface area contributed by atoms with Crippen molar-refractivity contribution in [2.75, 3.05) is 13.6 Å². The van der Waals surface area contributed by atoms with Gasteiger partial charge in [-0.15, -0.1) is 11.3 Å². The third-order valence-electron chi connectivity index (χ3n) is 2.62. The van der Waals surface area contributed by atoms with Gasteiger partial charge in [-0.3, -0.25) is 0 Å². The van der Waals surface area contributed by atoms with E-state index in [1.54, 1.807) is 19.2 Å². The first-order valence-corrected chi connectivity index (χ1v) is 7.12. The third kappa shape index (κ3) is 3.75. The van der Waals surface area contributed by atoms with E-state index in [0.717, 1.165) is 4.88 Å². The highest BCUT2D eigenvalue weighted by molar-refractivity contribution is 7.15. The van der Waals surface area contributed by atoms with Gasteiger partial charge in [-0.25, -0.2) is 4.79 Å². The minimum atomic E-state index is -4.66. The molecule has 0 radical (unpaired) electrons. The molecule has 2 rings (SSSR count). The number of nitrogens with one attached hydrogen (secondary N) is 1. The Kier molecular flexibility index (Phi) is 4.69. The molecule has 10 heteroatoms. The van der Waals surface area contributed by atoms with Crippen molar-refractivity contribution in [1.82, 2.24) is 20.4 Å². The Balaban J connectivity index is 2.08. The van der Waals surface area contributed by atoms with Gasteiger partial charge >= 0.3 is 18.1 Å². The fraction of sp³-hybridized carbons (Fsp3) is 0.417. The number of rotatable bonds is 4. The molecule has 0 fully saturated rings. The molecule has 22 heavy (non-hydrogen) atoms. The van der Waals surface area contributed by atoms with E-state index in [2.05, 4.69) is 20.0 Å². The molecule has 2 heterocycles. The molecule has 0 spiro atoms. The second-order valence-electron chi connectivity index (χ2n) is 4.38. The molecule has 0 aliphatic carbocycles. The second kappa shape index (κ2) is 6.34. The highest BCUT2D eigenvalue weighted by Gasteiger charge is 2.38. The summed E-state index contributed by atoms with van der Waals surface area (Å²) in [5.74, 6) is -1.50. The van der Waals surface area contributed by atoms with Gasteiger partial charge in [0.15, 0.2) is 0 Å². The molecule has 6 nitrogen and oxygen atoms in total. The zero-order chi connectivity index (χ0) is 16.3. The lowest BCUT2D eigenvalue weighted by Gasteiger charge is -2.16. The molecular weight excluding hydrogens is 321 g/mol. The van der Waals surface area contributed by atoms with Crippen LogP contribution < -0.4 is 5.32 Å². The number of urea groups is 1. The molecule has 0 atom stereocenters. The number of nitrogens with zero attached hydrogens (tertiary/aromatic N) is 3. The number of carbonyl (C=O) groups is 1. The summed E-state index contributed by atoms with van der Waals surface area (Å²) in [5, 5.41) is 5.97. The zero-order valence-corrected chi connectivity index (χ0v) is 12.6. The maximum atomic E-state index is 12.4. The lowest BCUT2D eigenvalue weighted by molar-refractivity contribution is -0.159. The van der Waals surface area contributed by atoms with E-state index >= 15 is 0 Å². The molecule has 2 amide bonds. The molecule has 0 bridgehead atoms. The Bertz CT molecular complexity index is 653. The molecule has 0 saturated heterocycles. The number of hydrogen-bond donors (Lipinski definition) is 1. The fourth-order valence-corrected chi connectivity index (χ4v) is 2.60. The van der Waals surface area contributed by atoms with Gasteiger partial charge in [-0.1, -0.05) is 5.16 Å². The standard InChI is InChI=1S/C12H13F3N4O2S/c1-3-16-11(20)19(2)6-7-4-5-8(22-7)9-17-10(21-18-9)12(13,14)15/h4-5H,3,6H2,1-2H3,(H,16,20). The van der Waals surface area contributed by atoms with Crippen LogP contribution >= 0.6 is 11.3 Å². The van der Waals surface area contributed by atoms with Gasteiger partial charge in [0, 0.05) is 18.5 Å². The highest BCUT2D eigenvalue weighted by Crippen LogP contribution is 2.31. The number of thiophene rings is 1. The summed E-state index contributed by atoms with van der Waals surface area (Å²) in [7, 11) is 1.63. The van der Waals surface area contributed by atoms with Crippen LogP contribution in [0, 0.1) is 0 Å². The predicted octanol–water partition coefficient (Wildman–Crippen LogP) is 2.98. The molecule has 0 aliphatic rings. The van der Waals surface area contributed by atoms with Gasteiger partial charge < -0.3 is 14.7 Å². The van der Waals surface area contributed by atoms with E-state index in [4.69, 9.17) is 0 Å². The lowest BCUT2D eigenvalue weighted by atomic mass is 10.4. The number of amides is 2. The summed E-state index contributed by atoms with van der Waals surface area (Å²) >= 11 is 1.20. The maximum Gasteiger partial charge on any atom is 0.471 e. The van der Waals surface area contributed by atoms with Gasteiger partial charge in [0.05, 0.1) is 11.4 Å². The van der Waals surface area contributed by atoms with Crippen LogP contribution in [0.4, 0.5) is 18.0 Å². The normalized spacial score (nSPS) is 11.5. The summed E-state index contributed by atoms with van der Waals surface area (Å²) in [4.78, 5) is 17.6. The second-order valence-corrected chi connectivity index (χ2v) is 5.55. The predicted molar refractivity (Wildman–Crippen MR) is 73.2 cm³/mol. The monoisotopic (exact) mass is 334 g/mol. The van der Waals surface area contributed by atoms with Gasteiger partial charge in [0.25, 0.3) is 0 Å². The first-order chi connectivity index (χ1) is 10.3. The van der Waals surface area contributed by atoms with Crippen molar-refractivity contribution >= 4 is 17.4 Å². The lowest BCUT2D eigenvalue weighted by Crippen LogP contribution is -2.36. The van der Waals surface area contributed by atoms with Crippen molar-refractivity contribution < 1.29 is 22.5 Å². The van der Waals surface area contributed by atoms with E-state index in [1.807, 2.05) is 6.92 Å². The summed E-state index contributed by atoms with van der Waals surface area (Å²) < 4.78 is 41.4. The Morgan fingerprint density at radius 2 is 2.18 bits per heavy atom. The molecule has 2 aromatic heterocycles. The number of carbonyl (C=O) groups excluding carboxylic acids is 1. The van der Waals surface area contributed by atoms with Crippen molar-refractivity contribution in [1.29, 1.82) is 0 Å². The average Bonchev–Trinajstić information content (AvgIpc) is 3.06. The average molecular weight is 334 g/mol. The number of alkyl halides is 3. The largest absolute Gasteiger partial charge is 0.471 e. The Hall–Kier alpha value is -2.10. The molecule has 1 N–H and O–H groups in total. The van der Waals surface area contributed by atoms with Crippen LogP contribution in [-0.2, 0) is 12.7 Å². The van der Waals surface area contributed by atoms with Crippen molar-refractivity contribution in [2.24, 2.45) is 0 Å². The van der Waals surface area contributed by atoms with Crippen molar-refractivity contribution in [3.8, 4) is 10.7 Å². The topological polar surface area (TPSA) is 71.3 Å². The SMILES string of the molecule is CCNC(=O)N(C)Cc1ccc(-c2noc(C(F)(F)F)n2)s1. The molecule has 0 unspecified atom stereocenters. The highest BCUT2D eigenvalue weighted by atomic mass is 32.1. The van der Waals surface area contributed by atoms with E-state index in [-0.39, 0.29) is 11.9 Å². The maximum absolute atomic E-state index is 12.4. The number of halogens is 3. The Morgan fingerprint density at radius 1 is 1.45 bits per heavy atom. The van der Waals surface area contributed by atoms with Crippen LogP contribution in [0.2, 0.25) is 0 Å². The molecule has 2 aromatic rings. The number of aromatic nitrogens is 2. The minimum absolute atomic E-state index is 0.121. The van der Waals surface area contributed by atoms with Crippen LogP contribution in [0.3, 0.4) is 0 Å². The Morgan fingerprint density at radius 3 is 2.77 bits per heavy atom. The zero-order valence-electron chi connectivity index (χ0n) is 11.8. The molecule has 0 aromatic carbocycles. The first-order valence-electron chi connectivity index (χ1n) is 6.30. The summed E-state index contributed by atoms with van der Waals surface area (Å²) in [6.07, 6.45) is -4.66. The van der Waals surface area contributed by atoms with Crippen LogP contribution in [0.1, 0.15) is 17.7 Å². The van der Waals surface area contributed by atoms with Gasteiger partial charge in [-0.05, 0) is 19.1 Å². The van der Waals surface area contributed by atoms with E-state index in [0.29, 0.717) is 18.0 Å². The molecule has 120 valence electrons. The summed E-state index contributed by atoms with van der Waals surface area (Å²) in [6.45, 7) is 2.66. The van der Waals surface area contributed by atoms with E-state index in [9.17, 15) is 18.0 Å². The molecule has 0 aliphatic heterocycles. The van der Waals surface area contributed by atoms with Crippen molar-refractivity contribution in [3.63, 3.8) is 0 Å². The van der Waals surface area contributed by atoms with Crippen LogP contribution in [0.15, 0.2) is 16.7 Å². The fourth-order valence-electron chi connectivity index (χ4n) is 1.61. The Labute approximate surface area is 127 Å². The van der Waals surface area contributed by atoms with Gasteiger partial charge in [0.2, 0.25) is 5.82 Å². The van der Waals surface area contributed by atoms with Crippen LogP contribution in [-0.4, -0.2) is 34.7 Å². The van der Waals surface area contributed by atoms with Crippen molar-refractivity contribution in [3.05, 3.63) is 22.9 Å². The quantitative estimate of drug-likeness (QED) is 0.933.